The summed E-state index contributed by atoms with van der Waals surface area (Å²) in [5, 5.41) is 4.40. The van der Waals surface area contributed by atoms with Crippen LogP contribution in [0.3, 0.4) is 0 Å². The molecule has 1 N–H and O–H groups in total. The molecule has 0 atom stereocenters. The van der Waals surface area contributed by atoms with Crippen LogP contribution in [0.4, 0.5) is 5.69 Å². The smallest absolute Gasteiger partial charge is 0.175 e. The number of anilines is 1. The number of sulfone groups is 1. The fraction of sp³-hybridized carbons (Fsp3) is 0.214. The maximum absolute atomic E-state index is 11.4. The van der Waals surface area contributed by atoms with Crippen molar-refractivity contribution in [2.45, 2.75) is 17.9 Å². The maximum atomic E-state index is 11.4. The number of nitrogens with zero attached hydrogens (tertiary/aromatic N) is 2. The van der Waals surface area contributed by atoms with E-state index in [0.717, 1.165) is 30.1 Å². The van der Waals surface area contributed by atoms with Gasteiger partial charge in [-0.05, 0) is 36.4 Å². The third-order valence-electron chi connectivity index (χ3n) is 3.32. The minimum Gasteiger partial charge on any atom is -0.346 e. The highest BCUT2D eigenvalue weighted by Gasteiger charge is 2.16. The van der Waals surface area contributed by atoms with E-state index in [-0.39, 0.29) is 0 Å². The van der Waals surface area contributed by atoms with Gasteiger partial charge in [0.25, 0.3) is 0 Å². The zero-order valence-corrected chi connectivity index (χ0v) is 11.9. The second-order valence-electron chi connectivity index (χ2n) is 4.80. The summed E-state index contributed by atoms with van der Waals surface area (Å²) in [6.45, 7) is 0.954. The standard InChI is InChI=1S/C14H15N3O2S/c1-20(18,19)12-6-4-11(5-7-12)15-16-13-8-10-17-9-2-3-14(13)17/h2-7,9,15H,8,10H2,1H3/b16-13-. The molecule has 1 aromatic heterocycles. The number of aromatic nitrogens is 1. The Morgan fingerprint density at radius 3 is 2.65 bits per heavy atom. The predicted octanol–water partition coefficient (Wildman–Crippen LogP) is 2.11. The van der Waals surface area contributed by atoms with Crippen molar-refractivity contribution in [2.75, 3.05) is 11.7 Å². The van der Waals surface area contributed by atoms with E-state index in [0.29, 0.717) is 4.90 Å². The van der Waals surface area contributed by atoms with Gasteiger partial charge < -0.3 is 4.57 Å². The van der Waals surface area contributed by atoms with Crippen LogP contribution in [0, 0.1) is 0 Å². The Labute approximate surface area is 117 Å². The van der Waals surface area contributed by atoms with Gasteiger partial charge in [0.2, 0.25) is 0 Å². The van der Waals surface area contributed by atoms with Crippen LogP contribution in [0.1, 0.15) is 12.1 Å². The average molecular weight is 289 g/mol. The molecule has 20 heavy (non-hydrogen) atoms. The maximum Gasteiger partial charge on any atom is 0.175 e. The first-order valence-corrected chi connectivity index (χ1v) is 8.21. The van der Waals surface area contributed by atoms with Crippen LogP contribution < -0.4 is 5.43 Å². The lowest BCUT2D eigenvalue weighted by Gasteiger charge is -2.03. The van der Waals surface area contributed by atoms with Gasteiger partial charge >= 0.3 is 0 Å². The van der Waals surface area contributed by atoms with Crippen molar-refractivity contribution in [1.29, 1.82) is 0 Å². The van der Waals surface area contributed by atoms with E-state index >= 15 is 0 Å². The van der Waals surface area contributed by atoms with E-state index < -0.39 is 9.84 Å². The van der Waals surface area contributed by atoms with Crippen LogP contribution in [0.25, 0.3) is 0 Å². The second kappa shape index (κ2) is 4.79. The number of hydrazone groups is 1. The molecule has 0 amide bonds. The summed E-state index contributed by atoms with van der Waals surface area (Å²) in [6.07, 6.45) is 4.14. The molecule has 0 saturated carbocycles. The van der Waals surface area contributed by atoms with Gasteiger partial charge in [-0.1, -0.05) is 0 Å². The van der Waals surface area contributed by atoms with Gasteiger partial charge in [0.05, 0.1) is 22.0 Å². The SMILES string of the molecule is CS(=O)(=O)c1ccc(N/N=C2/CCn3cccc32)cc1. The number of nitrogens with one attached hydrogen (secondary N) is 1. The van der Waals surface area contributed by atoms with Crippen molar-refractivity contribution >= 4 is 21.2 Å². The van der Waals surface area contributed by atoms with Crippen LogP contribution in [0.2, 0.25) is 0 Å². The number of hydrogen-bond donors (Lipinski definition) is 1. The number of aryl methyl sites for hydroxylation is 1. The predicted molar refractivity (Wildman–Crippen MR) is 78.8 cm³/mol. The summed E-state index contributed by atoms with van der Waals surface area (Å²) < 4.78 is 24.9. The quantitative estimate of drug-likeness (QED) is 0.880. The lowest BCUT2D eigenvalue weighted by molar-refractivity contribution is 0.602. The Kier molecular flexibility index (Phi) is 3.10. The number of hydrogen-bond acceptors (Lipinski definition) is 4. The van der Waals surface area contributed by atoms with Crippen LogP contribution in [-0.2, 0) is 16.4 Å². The molecule has 1 aliphatic rings. The van der Waals surface area contributed by atoms with Crippen molar-refractivity contribution in [1.82, 2.24) is 4.57 Å². The van der Waals surface area contributed by atoms with Crippen molar-refractivity contribution in [3.8, 4) is 0 Å². The third kappa shape index (κ3) is 2.46. The fourth-order valence-electron chi connectivity index (χ4n) is 2.25. The van der Waals surface area contributed by atoms with E-state index in [4.69, 9.17) is 0 Å². The topological polar surface area (TPSA) is 63.5 Å². The first-order valence-electron chi connectivity index (χ1n) is 6.32. The van der Waals surface area contributed by atoms with Gasteiger partial charge in [-0.2, -0.15) is 5.10 Å². The van der Waals surface area contributed by atoms with Gasteiger partial charge in [0, 0.05) is 25.4 Å². The van der Waals surface area contributed by atoms with Gasteiger partial charge in [-0.15, -0.1) is 0 Å². The highest BCUT2D eigenvalue weighted by molar-refractivity contribution is 7.90. The van der Waals surface area contributed by atoms with Crippen LogP contribution in [0.5, 0.6) is 0 Å². The van der Waals surface area contributed by atoms with Crippen molar-refractivity contribution in [3.63, 3.8) is 0 Å². The highest BCUT2D eigenvalue weighted by Crippen LogP contribution is 2.18. The Morgan fingerprint density at radius 1 is 1.20 bits per heavy atom. The molecule has 2 heterocycles. The average Bonchev–Trinajstić information content (AvgIpc) is 2.99. The molecule has 1 aromatic carbocycles. The molecular weight excluding hydrogens is 274 g/mol. The lowest BCUT2D eigenvalue weighted by atomic mass is 10.2. The summed E-state index contributed by atoms with van der Waals surface area (Å²) >= 11 is 0. The molecule has 5 nitrogen and oxygen atoms in total. The number of rotatable bonds is 3. The molecule has 0 bridgehead atoms. The molecule has 3 rings (SSSR count). The zero-order valence-electron chi connectivity index (χ0n) is 11.1. The van der Waals surface area contributed by atoms with E-state index in [1.54, 1.807) is 24.3 Å². The monoisotopic (exact) mass is 289 g/mol. The summed E-state index contributed by atoms with van der Waals surface area (Å²) in [6, 6.07) is 10.6. The van der Waals surface area contributed by atoms with Crippen LogP contribution in [0.15, 0.2) is 52.6 Å². The molecule has 0 radical (unpaired) electrons. The molecule has 0 saturated heterocycles. The zero-order chi connectivity index (χ0) is 14.2. The largest absolute Gasteiger partial charge is 0.346 e. The molecule has 1 aliphatic heterocycles. The molecule has 0 unspecified atom stereocenters. The molecule has 2 aromatic rings. The minimum absolute atomic E-state index is 0.311. The lowest BCUT2D eigenvalue weighted by Crippen LogP contribution is -2.00. The molecule has 6 heteroatoms. The molecule has 0 fully saturated rings. The normalized spacial score (nSPS) is 16.4. The van der Waals surface area contributed by atoms with Gasteiger partial charge in [-0.3, -0.25) is 5.43 Å². The van der Waals surface area contributed by atoms with E-state index in [1.807, 2.05) is 18.3 Å². The van der Waals surface area contributed by atoms with Gasteiger partial charge in [0.1, 0.15) is 0 Å². The van der Waals surface area contributed by atoms with Crippen molar-refractivity contribution < 1.29 is 8.42 Å². The van der Waals surface area contributed by atoms with Crippen LogP contribution in [-0.4, -0.2) is 25.0 Å². The summed E-state index contributed by atoms with van der Waals surface area (Å²) in [5.74, 6) is 0. The highest BCUT2D eigenvalue weighted by atomic mass is 32.2. The number of benzene rings is 1. The Hall–Kier alpha value is -2.08. The third-order valence-corrected chi connectivity index (χ3v) is 4.45. The number of fused-ring (bicyclic) bond motifs is 1. The van der Waals surface area contributed by atoms with E-state index in [9.17, 15) is 8.42 Å². The van der Waals surface area contributed by atoms with E-state index in [2.05, 4.69) is 15.1 Å². The first kappa shape index (κ1) is 12.9. The fourth-order valence-corrected chi connectivity index (χ4v) is 2.88. The molecule has 0 aliphatic carbocycles. The van der Waals surface area contributed by atoms with Crippen molar-refractivity contribution in [2.24, 2.45) is 5.10 Å². The van der Waals surface area contributed by atoms with Gasteiger partial charge in [0.15, 0.2) is 9.84 Å². The molecule has 0 spiro atoms. The van der Waals surface area contributed by atoms with Gasteiger partial charge in [-0.25, -0.2) is 8.42 Å². The minimum atomic E-state index is -3.15. The van der Waals surface area contributed by atoms with Crippen molar-refractivity contribution in [3.05, 3.63) is 48.3 Å². The van der Waals surface area contributed by atoms with Crippen LogP contribution >= 0.6 is 0 Å². The van der Waals surface area contributed by atoms with E-state index in [1.165, 1.54) is 6.26 Å². The Morgan fingerprint density at radius 2 is 1.95 bits per heavy atom. The Balaban J connectivity index is 1.77. The molecule has 104 valence electrons. The Bertz CT molecular complexity index is 758. The summed E-state index contributed by atoms with van der Waals surface area (Å²) in [4.78, 5) is 0.311. The first-order chi connectivity index (χ1) is 9.54. The molecular formula is C14H15N3O2S. The summed E-state index contributed by atoms with van der Waals surface area (Å²) in [7, 11) is -3.15. The summed E-state index contributed by atoms with van der Waals surface area (Å²) in [5.41, 5.74) is 5.89. The second-order valence-corrected chi connectivity index (χ2v) is 6.82.